The van der Waals surface area contributed by atoms with Gasteiger partial charge in [0.25, 0.3) is 0 Å². The first-order chi connectivity index (χ1) is 8.18. The summed E-state index contributed by atoms with van der Waals surface area (Å²) in [5.41, 5.74) is 0.990. The normalized spacial score (nSPS) is 17.6. The monoisotopic (exact) mass is 290 g/mol. The molecule has 0 aromatic carbocycles. The second-order valence-electron chi connectivity index (χ2n) is 4.34. The molecule has 2 nitrogen and oxygen atoms in total. The van der Waals surface area contributed by atoms with Gasteiger partial charge in [0.1, 0.15) is 0 Å². The highest BCUT2D eigenvalue weighted by atomic mass is 35.5. The quantitative estimate of drug-likeness (QED) is 0.844. The molecular formula is C12H16Cl2N2S. The van der Waals surface area contributed by atoms with E-state index in [1.165, 1.54) is 24.3 Å². The predicted octanol–water partition coefficient (Wildman–Crippen LogP) is 3.72. The minimum atomic E-state index is 0.650. The molecule has 0 spiro atoms. The lowest BCUT2D eigenvalue weighted by atomic mass is 10.1. The lowest BCUT2D eigenvalue weighted by Gasteiger charge is -2.31. The maximum Gasteiger partial charge on any atom is 0.0649 e. The van der Waals surface area contributed by atoms with Crippen molar-refractivity contribution in [2.75, 3.05) is 18.6 Å². The highest BCUT2D eigenvalue weighted by Crippen LogP contribution is 2.27. The molecule has 1 fully saturated rings. The molecule has 0 N–H and O–H groups in total. The molecule has 0 amide bonds. The number of nitrogens with zero attached hydrogens (tertiary/aromatic N) is 2. The van der Waals surface area contributed by atoms with E-state index in [4.69, 9.17) is 23.2 Å². The molecule has 0 unspecified atom stereocenters. The Morgan fingerprint density at radius 1 is 1.29 bits per heavy atom. The van der Waals surface area contributed by atoms with E-state index in [-0.39, 0.29) is 0 Å². The third-order valence-corrected chi connectivity index (χ3v) is 4.87. The molecule has 1 aromatic rings. The van der Waals surface area contributed by atoms with Crippen LogP contribution in [-0.4, -0.2) is 34.5 Å². The fraction of sp³-hybridized carbons (Fsp3) is 0.583. The summed E-state index contributed by atoms with van der Waals surface area (Å²) in [5.74, 6) is 2.51. The molecule has 0 saturated carbocycles. The Morgan fingerprint density at radius 3 is 2.47 bits per heavy atom. The summed E-state index contributed by atoms with van der Waals surface area (Å²) in [7, 11) is 2.15. The molecule has 0 bridgehead atoms. The van der Waals surface area contributed by atoms with Crippen LogP contribution >= 0.6 is 35.0 Å². The van der Waals surface area contributed by atoms with Gasteiger partial charge >= 0.3 is 0 Å². The van der Waals surface area contributed by atoms with Gasteiger partial charge in [-0.2, -0.15) is 11.8 Å². The van der Waals surface area contributed by atoms with Crippen molar-refractivity contribution in [2.45, 2.75) is 25.4 Å². The molecule has 0 atom stereocenters. The second kappa shape index (κ2) is 6.28. The summed E-state index contributed by atoms with van der Waals surface area (Å²) in [4.78, 5) is 6.33. The summed E-state index contributed by atoms with van der Waals surface area (Å²) in [5, 5.41) is 1.32. The molecule has 2 rings (SSSR count). The van der Waals surface area contributed by atoms with Crippen molar-refractivity contribution in [3.63, 3.8) is 0 Å². The lowest BCUT2D eigenvalue weighted by molar-refractivity contribution is 0.221. The second-order valence-corrected chi connectivity index (χ2v) is 6.38. The maximum absolute atomic E-state index is 6.13. The Morgan fingerprint density at radius 2 is 1.88 bits per heavy atom. The Bertz CT molecular complexity index is 361. The molecular weight excluding hydrogens is 275 g/mol. The van der Waals surface area contributed by atoms with Crippen LogP contribution in [0.2, 0.25) is 10.0 Å². The number of halogens is 2. The summed E-state index contributed by atoms with van der Waals surface area (Å²) < 4.78 is 0. The number of pyridine rings is 1. The fourth-order valence-corrected chi connectivity index (χ4v) is 3.66. The first-order valence-electron chi connectivity index (χ1n) is 5.74. The third-order valence-electron chi connectivity index (χ3n) is 3.17. The van der Waals surface area contributed by atoms with Gasteiger partial charge < -0.3 is 0 Å². The number of thioether (sulfide) groups is 1. The van der Waals surface area contributed by atoms with Crippen molar-refractivity contribution in [3.05, 3.63) is 28.0 Å². The van der Waals surface area contributed by atoms with Crippen LogP contribution in [0.5, 0.6) is 0 Å². The average molecular weight is 291 g/mol. The van der Waals surface area contributed by atoms with Gasteiger partial charge in [-0.1, -0.05) is 23.2 Å². The van der Waals surface area contributed by atoms with Gasteiger partial charge in [0.05, 0.1) is 10.0 Å². The van der Waals surface area contributed by atoms with Gasteiger partial charge in [0.2, 0.25) is 0 Å². The van der Waals surface area contributed by atoms with Crippen LogP contribution in [-0.2, 0) is 6.54 Å². The maximum atomic E-state index is 6.13. The molecule has 1 aliphatic rings. The Hall–Kier alpha value is 0.0400. The lowest BCUT2D eigenvalue weighted by Crippen LogP contribution is -2.34. The Kier molecular flexibility index (Phi) is 4.97. The van der Waals surface area contributed by atoms with Crippen LogP contribution in [0.4, 0.5) is 0 Å². The largest absolute Gasteiger partial charge is 0.299 e. The molecule has 0 aliphatic carbocycles. The number of hydrogen-bond donors (Lipinski definition) is 0. The van der Waals surface area contributed by atoms with Gasteiger partial charge in [-0.3, -0.25) is 9.88 Å². The van der Waals surface area contributed by atoms with Crippen LogP contribution in [0.25, 0.3) is 0 Å². The summed E-state index contributed by atoms with van der Waals surface area (Å²) in [6, 6.07) is 0.650. The van der Waals surface area contributed by atoms with Gasteiger partial charge in [0.15, 0.2) is 0 Å². The van der Waals surface area contributed by atoms with Crippen LogP contribution in [0.3, 0.4) is 0 Å². The molecule has 1 saturated heterocycles. The zero-order chi connectivity index (χ0) is 12.3. The molecule has 0 radical (unpaired) electrons. The first-order valence-corrected chi connectivity index (χ1v) is 7.65. The van der Waals surface area contributed by atoms with Crippen LogP contribution in [0.1, 0.15) is 18.4 Å². The zero-order valence-electron chi connectivity index (χ0n) is 9.83. The minimum Gasteiger partial charge on any atom is -0.299 e. The van der Waals surface area contributed by atoms with Gasteiger partial charge in [-0.15, -0.1) is 0 Å². The summed E-state index contributed by atoms with van der Waals surface area (Å²) in [6.07, 6.45) is 5.82. The summed E-state index contributed by atoms with van der Waals surface area (Å²) in [6.45, 7) is 0.801. The van der Waals surface area contributed by atoms with Crippen molar-refractivity contribution < 1.29 is 0 Å². The minimum absolute atomic E-state index is 0.650. The van der Waals surface area contributed by atoms with Gasteiger partial charge in [-0.25, -0.2) is 0 Å². The fourth-order valence-electron chi connectivity index (χ4n) is 2.09. The van der Waals surface area contributed by atoms with Crippen LogP contribution < -0.4 is 0 Å². The molecule has 5 heteroatoms. The van der Waals surface area contributed by atoms with Crippen molar-refractivity contribution in [1.29, 1.82) is 0 Å². The SMILES string of the molecule is CN(Cc1c(Cl)cncc1Cl)C1CCSCC1. The Balaban J connectivity index is 2.04. The van der Waals surface area contributed by atoms with Crippen LogP contribution in [0.15, 0.2) is 12.4 Å². The van der Waals surface area contributed by atoms with E-state index in [0.29, 0.717) is 16.1 Å². The van der Waals surface area contributed by atoms with Gasteiger partial charge in [-0.05, 0) is 31.4 Å². The van der Waals surface area contributed by atoms with E-state index in [1.54, 1.807) is 12.4 Å². The standard InChI is InChI=1S/C12H16Cl2N2S/c1-16(9-2-4-17-5-3-9)8-10-11(13)6-15-7-12(10)14/h6-7,9H,2-5,8H2,1H3. The first kappa shape index (κ1) is 13.5. The van der Waals surface area contributed by atoms with E-state index in [9.17, 15) is 0 Å². The molecule has 2 heterocycles. The van der Waals surface area contributed by atoms with Crippen molar-refractivity contribution in [2.24, 2.45) is 0 Å². The summed E-state index contributed by atoms with van der Waals surface area (Å²) >= 11 is 14.3. The molecule has 1 aromatic heterocycles. The number of hydrogen-bond acceptors (Lipinski definition) is 3. The number of rotatable bonds is 3. The predicted molar refractivity (Wildman–Crippen MR) is 76.1 cm³/mol. The topological polar surface area (TPSA) is 16.1 Å². The van der Waals surface area contributed by atoms with Crippen molar-refractivity contribution in [1.82, 2.24) is 9.88 Å². The van der Waals surface area contributed by atoms with E-state index in [2.05, 4.69) is 16.9 Å². The highest BCUT2D eigenvalue weighted by Gasteiger charge is 2.19. The number of aromatic nitrogens is 1. The third kappa shape index (κ3) is 3.50. The average Bonchev–Trinajstić information content (AvgIpc) is 2.35. The molecule has 17 heavy (non-hydrogen) atoms. The molecule has 94 valence electrons. The van der Waals surface area contributed by atoms with E-state index >= 15 is 0 Å². The Labute approximate surface area is 117 Å². The van der Waals surface area contributed by atoms with E-state index in [0.717, 1.165) is 12.1 Å². The van der Waals surface area contributed by atoms with E-state index in [1.807, 2.05) is 11.8 Å². The highest BCUT2D eigenvalue weighted by molar-refractivity contribution is 7.99. The van der Waals surface area contributed by atoms with Crippen molar-refractivity contribution >= 4 is 35.0 Å². The van der Waals surface area contributed by atoms with Crippen LogP contribution in [0, 0.1) is 0 Å². The van der Waals surface area contributed by atoms with Crippen molar-refractivity contribution in [3.8, 4) is 0 Å². The zero-order valence-corrected chi connectivity index (χ0v) is 12.2. The van der Waals surface area contributed by atoms with E-state index < -0.39 is 0 Å². The smallest absolute Gasteiger partial charge is 0.0649 e. The molecule has 1 aliphatic heterocycles. The van der Waals surface area contributed by atoms with Gasteiger partial charge in [0, 0.05) is 30.5 Å².